The fourth-order valence-electron chi connectivity index (χ4n) is 3.50. The monoisotopic (exact) mass is 246 g/mol. The summed E-state index contributed by atoms with van der Waals surface area (Å²) in [5, 5.41) is 0. The summed E-state index contributed by atoms with van der Waals surface area (Å²) in [6.45, 7) is 5.92. The number of esters is 1. The number of hydrogen-bond donors (Lipinski definition) is 0. The lowest BCUT2D eigenvalue weighted by Crippen LogP contribution is -2.21. The Balaban J connectivity index is 2.13. The van der Waals surface area contributed by atoms with Crippen LogP contribution < -0.4 is 0 Å². The maximum absolute atomic E-state index is 11.9. The number of fused-ring (bicyclic) bond motifs is 3. The van der Waals surface area contributed by atoms with Gasteiger partial charge in [0.2, 0.25) is 0 Å². The fourth-order valence-corrected chi connectivity index (χ4v) is 3.50. The normalized spacial score (nSPS) is 35.6. The third-order valence-electron chi connectivity index (χ3n) is 4.78. The number of carbonyl (C=O) groups is 2. The van der Waals surface area contributed by atoms with Gasteiger partial charge in [-0.1, -0.05) is 12.5 Å². The second kappa shape index (κ2) is 3.81. The SMILES string of the molecule is CC1=C2CC(=O)C(C)=C2[C@H]2OC(=O)[C@@H](C)[C@@H]2CC1. The van der Waals surface area contributed by atoms with Crippen LogP contribution in [-0.2, 0) is 14.3 Å². The molecule has 0 spiro atoms. The molecule has 0 aromatic carbocycles. The van der Waals surface area contributed by atoms with Crippen LogP contribution in [0.15, 0.2) is 22.3 Å². The van der Waals surface area contributed by atoms with Gasteiger partial charge in [-0.15, -0.1) is 0 Å². The molecule has 0 N–H and O–H groups in total. The molecule has 1 aliphatic heterocycles. The van der Waals surface area contributed by atoms with Crippen molar-refractivity contribution in [2.75, 3.05) is 0 Å². The van der Waals surface area contributed by atoms with Gasteiger partial charge < -0.3 is 4.74 Å². The lowest BCUT2D eigenvalue weighted by Gasteiger charge is -2.19. The van der Waals surface area contributed by atoms with Gasteiger partial charge in [0.05, 0.1) is 5.92 Å². The number of Topliss-reactive ketones (excluding diaryl/α,β-unsaturated/α-hetero) is 1. The van der Waals surface area contributed by atoms with Crippen molar-refractivity contribution in [2.45, 2.75) is 46.1 Å². The Morgan fingerprint density at radius 2 is 1.94 bits per heavy atom. The average Bonchev–Trinajstić information content (AvgIpc) is 2.72. The van der Waals surface area contributed by atoms with Crippen LogP contribution in [0.1, 0.15) is 40.0 Å². The Morgan fingerprint density at radius 1 is 1.22 bits per heavy atom. The van der Waals surface area contributed by atoms with E-state index in [2.05, 4.69) is 6.92 Å². The molecule has 0 aromatic rings. The zero-order valence-electron chi connectivity index (χ0n) is 11.1. The zero-order valence-corrected chi connectivity index (χ0v) is 11.1. The molecule has 3 heteroatoms. The third-order valence-corrected chi connectivity index (χ3v) is 4.78. The summed E-state index contributed by atoms with van der Waals surface area (Å²) in [6.07, 6.45) is 2.29. The van der Waals surface area contributed by atoms with Crippen LogP contribution in [0.5, 0.6) is 0 Å². The minimum Gasteiger partial charge on any atom is -0.457 e. The first-order chi connectivity index (χ1) is 8.50. The van der Waals surface area contributed by atoms with Crippen LogP contribution in [0, 0.1) is 11.8 Å². The van der Waals surface area contributed by atoms with Crippen molar-refractivity contribution >= 4 is 11.8 Å². The van der Waals surface area contributed by atoms with Gasteiger partial charge in [-0.25, -0.2) is 0 Å². The van der Waals surface area contributed by atoms with E-state index in [4.69, 9.17) is 4.74 Å². The predicted molar refractivity (Wildman–Crippen MR) is 66.8 cm³/mol. The van der Waals surface area contributed by atoms with Crippen molar-refractivity contribution in [2.24, 2.45) is 11.8 Å². The molecule has 0 unspecified atom stereocenters. The molecule has 1 fully saturated rings. The van der Waals surface area contributed by atoms with Crippen LogP contribution in [0.4, 0.5) is 0 Å². The zero-order chi connectivity index (χ0) is 13.0. The van der Waals surface area contributed by atoms with Gasteiger partial charge >= 0.3 is 5.97 Å². The van der Waals surface area contributed by atoms with Crippen molar-refractivity contribution in [3.05, 3.63) is 22.3 Å². The standard InChI is InChI=1S/C15H18O3/c1-7-4-5-10-8(2)15(17)18-14(10)13-9(3)12(16)6-11(7)13/h8,10,14H,4-6H2,1-3H3/t8-,10-,14-/m0/s1. The highest BCUT2D eigenvalue weighted by atomic mass is 16.6. The molecule has 0 aromatic heterocycles. The third kappa shape index (κ3) is 1.43. The molecule has 1 heterocycles. The second-order valence-corrected chi connectivity index (χ2v) is 5.75. The topological polar surface area (TPSA) is 43.4 Å². The van der Waals surface area contributed by atoms with E-state index in [0.717, 1.165) is 29.6 Å². The summed E-state index contributed by atoms with van der Waals surface area (Å²) in [6, 6.07) is 0. The minimum atomic E-state index is -0.175. The Hall–Kier alpha value is -1.38. The maximum Gasteiger partial charge on any atom is 0.309 e. The summed E-state index contributed by atoms with van der Waals surface area (Å²) in [5.41, 5.74) is 4.28. The largest absolute Gasteiger partial charge is 0.457 e. The first-order valence-corrected chi connectivity index (χ1v) is 6.64. The molecule has 0 radical (unpaired) electrons. The molecule has 3 atom stereocenters. The molecule has 96 valence electrons. The molecule has 0 saturated carbocycles. The molecule has 3 nitrogen and oxygen atoms in total. The number of hydrogen-bond acceptors (Lipinski definition) is 3. The van der Waals surface area contributed by atoms with Gasteiger partial charge in [-0.3, -0.25) is 9.59 Å². The molecule has 1 saturated heterocycles. The molecule has 3 aliphatic rings. The van der Waals surface area contributed by atoms with Crippen molar-refractivity contribution < 1.29 is 14.3 Å². The van der Waals surface area contributed by atoms with Crippen molar-refractivity contribution in [3.63, 3.8) is 0 Å². The van der Waals surface area contributed by atoms with Gasteiger partial charge in [-0.2, -0.15) is 0 Å². The van der Waals surface area contributed by atoms with Crippen molar-refractivity contribution in [3.8, 4) is 0 Å². The summed E-state index contributed by atoms with van der Waals surface area (Å²) < 4.78 is 5.56. The molecule has 0 amide bonds. The quantitative estimate of drug-likeness (QED) is 0.617. The first kappa shape index (κ1) is 11.7. The van der Waals surface area contributed by atoms with Crippen LogP contribution in [0.2, 0.25) is 0 Å². The lowest BCUT2D eigenvalue weighted by atomic mass is 9.85. The molecule has 2 aliphatic carbocycles. The van der Waals surface area contributed by atoms with Crippen molar-refractivity contribution in [1.82, 2.24) is 0 Å². The van der Waals surface area contributed by atoms with E-state index in [1.807, 2.05) is 13.8 Å². The second-order valence-electron chi connectivity index (χ2n) is 5.75. The average molecular weight is 246 g/mol. The number of ketones is 1. The van der Waals surface area contributed by atoms with Crippen LogP contribution in [0.3, 0.4) is 0 Å². The predicted octanol–water partition coefficient (Wildman–Crippen LogP) is 2.56. The van der Waals surface area contributed by atoms with Crippen LogP contribution in [0.25, 0.3) is 0 Å². The Morgan fingerprint density at radius 3 is 2.67 bits per heavy atom. The van der Waals surface area contributed by atoms with E-state index in [1.165, 1.54) is 5.57 Å². The highest BCUT2D eigenvalue weighted by molar-refractivity contribution is 6.03. The van der Waals surface area contributed by atoms with E-state index < -0.39 is 0 Å². The first-order valence-electron chi connectivity index (χ1n) is 6.64. The van der Waals surface area contributed by atoms with Gasteiger partial charge in [0.15, 0.2) is 5.78 Å². The van der Waals surface area contributed by atoms with Gasteiger partial charge in [0, 0.05) is 17.9 Å². The Labute approximate surface area is 107 Å². The molecule has 0 bridgehead atoms. The van der Waals surface area contributed by atoms with Gasteiger partial charge in [0.1, 0.15) is 6.10 Å². The molecule has 18 heavy (non-hydrogen) atoms. The van der Waals surface area contributed by atoms with Gasteiger partial charge in [-0.05, 0) is 37.8 Å². The van der Waals surface area contributed by atoms with Crippen LogP contribution in [-0.4, -0.2) is 17.9 Å². The van der Waals surface area contributed by atoms with E-state index in [0.29, 0.717) is 6.42 Å². The number of ether oxygens (including phenoxy) is 1. The highest BCUT2D eigenvalue weighted by Gasteiger charge is 2.47. The Kier molecular flexibility index (Phi) is 2.47. The molecular weight excluding hydrogens is 228 g/mol. The van der Waals surface area contributed by atoms with E-state index in [1.54, 1.807) is 0 Å². The summed E-state index contributed by atoms with van der Waals surface area (Å²) in [5.74, 6) is 0.276. The maximum atomic E-state index is 11.9. The number of carbonyl (C=O) groups excluding carboxylic acids is 2. The number of allylic oxidation sites excluding steroid dienone is 2. The Bertz CT molecular complexity index is 510. The van der Waals surface area contributed by atoms with Crippen LogP contribution >= 0.6 is 0 Å². The van der Waals surface area contributed by atoms with Crippen molar-refractivity contribution in [1.29, 1.82) is 0 Å². The highest BCUT2D eigenvalue weighted by Crippen LogP contribution is 2.46. The molecular formula is C15H18O3. The minimum absolute atomic E-state index is 0.0434. The van der Waals surface area contributed by atoms with Gasteiger partial charge in [0.25, 0.3) is 0 Å². The lowest BCUT2D eigenvalue weighted by molar-refractivity contribution is -0.142. The summed E-state index contributed by atoms with van der Waals surface area (Å²) in [4.78, 5) is 23.7. The summed E-state index contributed by atoms with van der Waals surface area (Å²) >= 11 is 0. The number of rotatable bonds is 0. The fraction of sp³-hybridized carbons (Fsp3) is 0.600. The molecule has 3 rings (SSSR count). The van der Waals surface area contributed by atoms with E-state index in [9.17, 15) is 9.59 Å². The summed E-state index contributed by atoms with van der Waals surface area (Å²) in [7, 11) is 0. The van der Waals surface area contributed by atoms with E-state index in [-0.39, 0.29) is 29.7 Å². The smallest absolute Gasteiger partial charge is 0.309 e. The van der Waals surface area contributed by atoms with E-state index >= 15 is 0 Å².